The van der Waals surface area contributed by atoms with Gasteiger partial charge in [-0.2, -0.15) is 0 Å². The highest BCUT2D eigenvalue weighted by Crippen LogP contribution is 2.10. The van der Waals surface area contributed by atoms with E-state index in [1.807, 2.05) is 0 Å². The molecular formula is C15H14ClN3O4S. The van der Waals surface area contributed by atoms with Gasteiger partial charge in [-0.05, 0) is 42.0 Å². The van der Waals surface area contributed by atoms with Crippen LogP contribution in [0.2, 0.25) is 5.02 Å². The van der Waals surface area contributed by atoms with E-state index < -0.39 is 21.8 Å². The lowest BCUT2D eigenvalue weighted by atomic mass is 10.1. The monoisotopic (exact) mass is 367 g/mol. The number of hydrogen-bond acceptors (Lipinski definition) is 4. The summed E-state index contributed by atoms with van der Waals surface area (Å²) in [6.45, 7) is 0. The van der Waals surface area contributed by atoms with Crippen molar-refractivity contribution in [1.82, 2.24) is 10.9 Å². The summed E-state index contributed by atoms with van der Waals surface area (Å²) in [6.07, 6.45) is 0.0712. The molecule has 0 spiro atoms. The van der Waals surface area contributed by atoms with Crippen LogP contribution in [0, 0.1) is 0 Å². The molecule has 0 radical (unpaired) electrons. The lowest BCUT2D eigenvalue weighted by molar-refractivity contribution is -0.121. The van der Waals surface area contributed by atoms with Crippen molar-refractivity contribution in [1.29, 1.82) is 0 Å². The van der Waals surface area contributed by atoms with E-state index in [4.69, 9.17) is 16.7 Å². The molecule has 0 heterocycles. The zero-order valence-electron chi connectivity index (χ0n) is 12.3. The van der Waals surface area contributed by atoms with E-state index in [-0.39, 0.29) is 16.9 Å². The van der Waals surface area contributed by atoms with Gasteiger partial charge in [-0.15, -0.1) is 0 Å². The van der Waals surface area contributed by atoms with Gasteiger partial charge in [0.2, 0.25) is 15.9 Å². The third-order valence-electron chi connectivity index (χ3n) is 3.04. The lowest BCUT2D eigenvalue weighted by Gasteiger charge is -2.08. The van der Waals surface area contributed by atoms with Crippen LogP contribution in [0.25, 0.3) is 0 Å². The second-order valence-corrected chi connectivity index (χ2v) is 6.87. The Labute approximate surface area is 143 Å². The van der Waals surface area contributed by atoms with Crippen LogP contribution in [0.1, 0.15) is 15.9 Å². The number of hydrogen-bond donors (Lipinski definition) is 3. The highest BCUT2D eigenvalue weighted by molar-refractivity contribution is 7.89. The van der Waals surface area contributed by atoms with Gasteiger partial charge in [0, 0.05) is 10.6 Å². The molecule has 0 saturated carbocycles. The Hall–Kier alpha value is -2.42. The van der Waals surface area contributed by atoms with Crippen LogP contribution in [0.15, 0.2) is 53.4 Å². The summed E-state index contributed by atoms with van der Waals surface area (Å²) in [5.74, 6) is -0.993. The van der Waals surface area contributed by atoms with Gasteiger partial charge in [-0.25, -0.2) is 13.6 Å². The van der Waals surface area contributed by atoms with E-state index in [9.17, 15) is 18.0 Å². The van der Waals surface area contributed by atoms with Crippen molar-refractivity contribution in [2.75, 3.05) is 0 Å². The first-order valence-electron chi connectivity index (χ1n) is 6.72. The number of nitrogens with two attached hydrogens (primary N) is 1. The Morgan fingerprint density at radius 3 is 2.08 bits per heavy atom. The van der Waals surface area contributed by atoms with E-state index in [1.165, 1.54) is 24.3 Å². The van der Waals surface area contributed by atoms with Gasteiger partial charge in [0.15, 0.2) is 0 Å². The predicted octanol–water partition coefficient (Wildman–Crippen LogP) is 0.991. The van der Waals surface area contributed by atoms with Gasteiger partial charge in [0.1, 0.15) is 0 Å². The number of carbonyl (C=O) groups excluding carboxylic acids is 2. The number of benzene rings is 2. The summed E-state index contributed by atoms with van der Waals surface area (Å²) in [4.78, 5) is 23.5. The van der Waals surface area contributed by atoms with Crippen molar-refractivity contribution >= 4 is 33.4 Å². The van der Waals surface area contributed by atoms with Gasteiger partial charge >= 0.3 is 0 Å². The number of primary sulfonamides is 1. The summed E-state index contributed by atoms with van der Waals surface area (Å²) in [5, 5.41) is 5.54. The maximum Gasteiger partial charge on any atom is 0.269 e. The van der Waals surface area contributed by atoms with Crippen molar-refractivity contribution in [3.63, 3.8) is 0 Å². The number of rotatable bonds is 4. The zero-order chi connectivity index (χ0) is 17.7. The Bertz CT molecular complexity index is 849. The largest absolute Gasteiger partial charge is 0.273 e. The molecule has 9 heteroatoms. The maximum absolute atomic E-state index is 11.9. The van der Waals surface area contributed by atoms with E-state index in [0.29, 0.717) is 5.02 Å². The molecule has 7 nitrogen and oxygen atoms in total. The molecule has 0 bridgehead atoms. The molecule has 2 amide bonds. The smallest absolute Gasteiger partial charge is 0.269 e. The van der Waals surface area contributed by atoms with Crippen LogP contribution in [-0.4, -0.2) is 20.2 Å². The minimum absolute atomic E-state index is 0.0712. The molecule has 0 aliphatic carbocycles. The molecule has 2 aromatic rings. The molecule has 24 heavy (non-hydrogen) atoms. The number of halogens is 1. The number of hydrazine groups is 1. The number of carbonyl (C=O) groups is 2. The molecule has 0 aromatic heterocycles. The molecule has 0 aliphatic rings. The van der Waals surface area contributed by atoms with Crippen LogP contribution in [0.3, 0.4) is 0 Å². The normalized spacial score (nSPS) is 10.9. The van der Waals surface area contributed by atoms with E-state index in [2.05, 4.69) is 10.9 Å². The third-order valence-corrected chi connectivity index (χ3v) is 4.22. The van der Waals surface area contributed by atoms with Gasteiger partial charge in [0.05, 0.1) is 11.3 Å². The third kappa shape index (κ3) is 5.05. The number of nitrogens with one attached hydrogen (secondary N) is 2. The Morgan fingerprint density at radius 2 is 1.54 bits per heavy atom. The SMILES string of the molecule is NS(=O)(=O)c1ccc(C(=O)NNC(=O)Cc2ccc(Cl)cc2)cc1. The van der Waals surface area contributed by atoms with E-state index >= 15 is 0 Å². The summed E-state index contributed by atoms with van der Waals surface area (Å²) < 4.78 is 22.3. The molecule has 126 valence electrons. The fraction of sp³-hybridized carbons (Fsp3) is 0.0667. The Kier molecular flexibility index (Phi) is 5.55. The number of sulfonamides is 1. The maximum atomic E-state index is 11.9. The van der Waals surface area contributed by atoms with E-state index in [0.717, 1.165) is 5.56 Å². The van der Waals surface area contributed by atoms with Crippen LogP contribution in [-0.2, 0) is 21.2 Å². The van der Waals surface area contributed by atoms with E-state index in [1.54, 1.807) is 24.3 Å². The van der Waals surface area contributed by atoms with Crippen molar-refractivity contribution < 1.29 is 18.0 Å². The van der Waals surface area contributed by atoms with Gasteiger partial charge < -0.3 is 0 Å². The molecule has 4 N–H and O–H groups in total. The molecule has 0 fully saturated rings. The second kappa shape index (κ2) is 7.43. The fourth-order valence-electron chi connectivity index (χ4n) is 1.83. The first-order chi connectivity index (χ1) is 11.3. The molecule has 2 aromatic carbocycles. The predicted molar refractivity (Wildman–Crippen MR) is 88.6 cm³/mol. The van der Waals surface area contributed by atoms with Gasteiger partial charge in [-0.1, -0.05) is 23.7 Å². The number of amides is 2. The van der Waals surface area contributed by atoms with Crippen LogP contribution < -0.4 is 16.0 Å². The van der Waals surface area contributed by atoms with Crippen molar-refractivity contribution in [3.8, 4) is 0 Å². The van der Waals surface area contributed by atoms with Crippen molar-refractivity contribution in [2.24, 2.45) is 5.14 Å². The molecule has 0 unspecified atom stereocenters. The molecular weight excluding hydrogens is 354 g/mol. The summed E-state index contributed by atoms with van der Waals surface area (Å²) in [6, 6.07) is 11.7. The molecule has 0 saturated heterocycles. The first-order valence-corrected chi connectivity index (χ1v) is 8.64. The Morgan fingerprint density at radius 1 is 0.958 bits per heavy atom. The summed E-state index contributed by atoms with van der Waals surface area (Å²) in [5.41, 5.74) is 5.43. The van der Waals surface area contributed by atoms with Gasteiger partial charge in [0.25, 0.3) is 5.91 Å². The zero-order valence-corrected chi connectivity index (χ0v) is 13.9. The average molecular weight is 368 g/mol. The molecule has 0 atom stereocenters. The molecule has 2 rings (SSSR count). The summed E-state index contributed by atoms with van der Waals surface area (Å²) >= 11 is 5.75. The molecule has 0 aliphatic heterocycles. The van der Waals surface area contributed by atoms with Crippen molar-refractivity contribution in [2.45, 2.75) is 11.3 Å². The second-order valence-electron chi connectivity index (χ2n) is 4.87. The minimum Gasteiger partial charge on any atom is -0.273 e. The average Bonchev–Trinajstić information content (AvgIpc) is 2.54. The van der Waals surface area contributed by atoms with Gasteiger partial charge in [-0.3, -0.25) is 20.4 Å². The van der Waals surface area contributed by atoms with Crippen LogP contribution >= 0.6 is 11.6 Å². The Balaban J connectivity index is 1.90. The highest BCUT2D eigenvalue weighted by Gasteiger charge is 2.11. The summed E-state index contributed by atoms with van der Waals surface area (Å²) in [7, 11) is -3.82. The first kappa shape index (κ1) is 17.9. The van der Waals surface area contributed by atoms with Crippen LogP contribution in [0.4, 0.5) is 0 Å². The van der Waals surface area contributed by atoms with Crippen LogP contribution in [0.5, 0.6) is 0 Å². The minimum atomic E-state index is -3.82. The highest BCUT2D eigenvalue weighted by atomic mass is 35.5. The quantitative estimate of drug-likeness (QED) is 0.698. The lowest BCUT2D eigenvalue weighted by Crippen LogP contribution is -2.42. The standard InChI is InChI=1S/C15H14ClN3O4S/c16-12-5-1-10(2-6-12)9-14(20)18-19-15(21)11-3-7-13(8-4-11)24(17,22)23/h1-8H,9H2,(H,18,20)(H,19,21)(H2,17,22,23). The van der Waals surface area contributed by atoms with Crippen molar-refractivity contribution in [3.05, 3.63) is 64.7 Å². The fourth-order valence-corrected chi connectivity index (χ4v) is 2.47. The topological polar surface area (TPSA) is 118 Å².